The molecule has 1 aromatic carbocycles. The first-order chi connectivity index (χ1) is 10.2. The van der Waals surface area contributed by atoms with Crippen LogP contribution >= 0.6 is 0 Å². The molecule has 0 aromatic heterocycles. The zero-order valence-electron chi connectivity index (χ0n) is 12.5. The Kier molecular flexibility index (Phi) is 4.94. The number of carbonyl (C=O) groups is 1. The fourth-order valence-corrected chi connectivity index (χ4v) is 2.70. The number of amides is 1. The fraction of sp³-hybridized carbons (Fsp3) is 0.211. The van der Waals surface area contributed by atoms with Crippen molar-refractivity contribution >= 4 is 5.91 Å². The molecular formula is C19H21NO. The van der Waals surface area contributed by atoms with E-state index >= 15 is 0 Å². The highest BCUT2D eigenvalue weighted by Gasteiger charge is 2.30. The molecule has 2 nitrogen and oxygen atoms in total. The van der Waals surface area contributed by atoms with E-state index in [-0.39, 0.29) is 11.9 Å². The van der Waals surface area contributed by atoms with E-state index in [0.29, 0.717) is 6.54 Å². The van der Waals surface area contributed by atoms with E-state index in [2.05, 4.69) is 25.3 Å². The second-order valence-electron chi connectivity index (χ2n) is 5.05. The molecule has 0 bridgehead atoms. The van der Waals surface area contributed by atoms with Crippen molar-refractivity contribution in [3.63, 3.8) is 0 Å². The SMILES string of the molecule is C=CC(=O)N1CCc2ccccc2[C@@H]1C(=C)/C=C\C=C/C. The van der Waals surface area contributed by atoms with Gasteiger partial charge < -0.3 is 4.90 Å². The highest BCUT2D eigenvalue weighted by molar-refractivity contribution is 5.88. The van der Waals surface area contributed by atoms with Gasteiger partial charge in [0.15, 0.2) is 0 Å². The second-order valence-corrected chi connectivity index (χ2v) is 5.05. The summed E-state index contributed by atoms with van der Waals surface area (Å²) < 4.78 is 0. The third kappa shape index (κ3) is 3.22. The summed E-state index contributed by atoms with van der Waals surface area (Å²) >= 11 is 0. The summed E-state index contributed by atoms with van der Waals surface area (Å²) in [6.07, 6.45) is 10.1. The third-order valence-corrected chi connectivity index (χ3v) is 3.71. The van der Waals surface area contributed by atoms with Crippen LogP contribution in [0.1, 0.15) is 24.1 Å². The topological polar surface area (TPSA) is 20.3 Å². The molecule has 0 fully saturated rings. The van der Waals surface area contributed by atoms with E-state index in [1.54, 1.807) is 0 Å². The largest absolute Gasteiger partial charge is 0.328 e. The van der Waals surface area contributed by atoms with Crippen LogP contribution in [0, 0.1) is 0 Å². The molecule has 1 atom stereocenters. The van der Waals surface area contributed by atoms with Crippen LogP contribution in [0.25, 0.3) is 0 Å². The van der Waals surface area contributed by atoms with Crippen LogP contribution in [0.2, 0.25) is 0 Å². The maximum atomic E-state index is 12.2. The minimum absolute atomic E-state index is 0.0462. The molecule has 2 rings (SSSR count). The molecule has 21 heavy (non-hydrogen) atoms. The van der Waals surface area contributed by atoms with Crippen molar-refractivity contribution in [2.75, 3.05) is 6.54 Å². The van der Waals surface area contributed by atoms with E-state index in [4.69, 9.17) is 0 Å². The summed E-state index contributed by atoms with van der Waals surface area (Å²) in [4.78, 5) is 14.0. The Morgan fingerprint density at radius 3 is 2.81 bits per heavy atom. The molecule has 108 valence electrons. The molecule has 1 aromatic rings. The van der Waals surface area contributed by atoms with E-state index in [1.165, 1.54) is 11.6 Å². The highest BCUT2D eigenvalue weighted by Crippen LogP contribution is 2.35. The maximum Gasteiger partial charge on any atom is 0.246 e. The van der Waals surface area contributed by atoms with Crippen molar-refractivity contribution < 1.29 is 4.79 Å². The Labute approximate surface area is 126 Å². The monoisotopic (exact) mass is 279 g/mol. The number of benzene rings is 1. The minimum Gasteiger partial charge on any atom is -0.328 e. The second kappa shape index (κ2) is 6.89. The van der Waals surface area contributed by atoms with Gasteiger partial charge in [-0.25, -0.2) is 0 Å². The molecule has 0 N–H and O–H groups in total. The van der Waals surface area contributed by atoms with Gasteiger partial charge >= 0.3 is 0 Å². The molecule has 1 aliphatic rings. The molecule has 1 amide bonds. The number of nitrogens with zero attached hydrogens (tertiary/aromatic N) is 1. The first kappa shape index (κ1) is 15.0. The smallest absolute Gasteiger partial charge is 0.246 e. The van der Waals surface area contributed by atoms with Crippen molar-refractivity contribution in [2.24, 2.45) is 0 Å². The molecule has 0 unspecified atom stereocenters. The third-order valence-electron chi connectivity index (χ3n) is 3.71. The molecule has 1 heterocycles. The molecule has 0 saturated heterocycles. The molecule has 1 aliphatic heterocycles. The lowest BCUT2D eigenvalue weighted by molar-refractivity contribution is -0.128. The van der Waals surface area contributed by atoms with Crippen molar-refractivity contribution in [1.82, 2.24) is 4.90 Å². The Bertz CT molecular complexity index is 610. The van der Waals surface area contributed by atoms with E-state index in [9.17, 15) is 4.79 Å². The van der Waals surface area contributed by atoms with Gasteiger partial charge in [-0.1, -0.05) is 61.7 Å². The van der Waals surface area contributed by atoms with Crippen LogP contribution in [0.5, 0.6) is 0 Å². The maximum absolute atomic E-state index is 12.2. The van der Waals surface area contributed by atoms with Crippen LogP contribution in [-0.2, 0) is 11.2 Å². The normalized spacial score (nSPS) is 18.0. The van der Waals surface area contributed by atoms with Crippen LogP contribution in [0.3, 0.4) is 0 Å². The summed E-state index contributed by atoms with van der Waals surface area (Å²) in [6.45, 7) is 10.4. The minimum atomic E-state index is -0.109. The zero-order chi connectivity index (χ0) is 15.2. The van der Waals surface area contributed by atoms with Gasteiger partial charge in [0, 0.05) is 6.54 Å². The molecule has 0 saturated carbocycles. The van der Waals surface area contributed by atoms with Crippen LogP contribution in [0.15, 0.2) is 73.4 Å². The summed E-state index contributed by atoms with van der Waals surface area (Å²) in [7, 11) is 0. The predicted octanol–water partition coefficient (Wildman–Crippen LogP) is 3.99. The van der Waals surface area contributed by atoms with Gasteiger partial charge in [0.05, 0.1) is 6.04 Å². The summed E-state index contributed by atoms with van der Waals surface area (Å²) in [5, 5.41) is 0. The quantitative estimate of drug-likeness (QED) is 0.603. The van der Waals surface area contributed by atoms with Crippen LogP contribution in [0.4, 0.5) is 0 Å². The Morgan fingerprint density at radius 2 is 2.10 bits per heavy atom. The lowest BCUT2D eigenvalue weighted by Gasteiger charge is -2.37. The first-order valence-electron chi connectivity index (χ1n) is 7.18. The number of hydrogen-bond acceptors (Lipinski definition) is 1. The van der Waals surface area contributed by atoms with Crippen molar-refractivity contribution in [3.05, 3.63) is 84.5 Å². The molecular weight excluding hydrogens is 258 g/mol. The predicted molar refractivity (Wildman–Crippen MR) is 87.9 cm³/mol. The molecule has 0 radical (unpaired) electrons. The van der Waals surface area contributed by atoms with E-state index < -0.39 is 0 Å². The van der Waals surface area contributed by atoms with Gasteiger partial charge in [-0.15, -0.1) is 0 Å². The van der Waals surface area contributed by atoms with Gasteiger partial charge in [-0.05, 0) is 36.1 Å². The number of carbonyl (C=O) groups excluding carboxylic acids is 1. The van der Waals surface area contributed by atoms with Gasteiger partial charge in [0.25, 0.3) is 0 Å². The van der Waals surface area contributed by atoms with E-state index in [1.807, 2.05) is 48.3 Å². The average molecular weight is 279 g/mol. The van der Waals surface area contributed by atoms with Crippen molar-refractivity contribution in [3.8, 4) is 0 Å². The van der Waals surface area contributed by atoms with Crippen molar-refractivity contribution in [1.29, 1.82) is 0 Å². The number of hydrogen-bond donors (Lipinski definition) is 0. The van der Waals surface area contributed by atoms with Gasteiger partial charge in [0.1, 0.15) is 0 Å². The van der Waals surface area contributed by atoms with Crippen LogP contribution < -0.4 is 0 Å². The zero-order valence-corrected chi connectivity index (χ0v) is 12.5. The lowest BCUT2D eigenvalue weighted by atomic mass is 9.88. The summed E-state index contributed by atoms with van der Waals surface area (Å²) in [5.74, 6) is -0.0462. The van der Waals surface area contributed by atoms with Gasteiger partial charge in [-0.2, -0.15) is 0 Å². The number of rotatable bonds is 4. The first-order valence-corrected chi connectivity index (χ1v) is 7.18. The molecule has 0 spiro atoms. The number of fused-ring (bicyclic) bond motifs is 1. The number of allylic oxidation sites excluding steroid dienone is 3. The highest BCUT2D eigenvalue weighted by atomic mass is 16.2. The lowest BCUT2D eigenvalue weighted by Crippen LogP contribution is -2.39. The Morgan fingerprint density at radius 1 is 1.33 bits per heavy atom. The molecule has 2 heteroatoms. The summed E-state index contributed by atoms with van der Waals surface area (Å²) in [5.41, 5.74) is 3.36. The van der Waals surface area contributed by atoms with Gasteiger partial charge in [0.2, 0.25) is 5.91 Å². The molecule has 0 aliphatic carbocycles. The Balaban J connectivity index is 2.40. The van der Waals surface area contributed by atoms with Gasteiger partial charge in [-0.3, -0.25) is 4.79 Å². The van der Waals surface area contributed by atoms with Crippen LogP contribution in [-0.4, -0.2) is 17.4 Å². The average Bonchev–Trinajstić information content (AvgIpc) is 2.53. The van der Waals surface area contributed by atoms with Crippen molar-refractivity contribution in [2.45, 2.75) is 19.4 Å². The fourth-order valence-electron chi connectivity index (χ4n) is 2.70. The Hall–Kier alpha value is -2.35. The standard InChI is InChI=1S/C19H21NO/c1-4-6-7-10-15(3)19-17-12-9-8-11-16(17)13-14-20(19)18(21)5-2/h4-12,19H,2-3,13-14H2,1H3/b6-4-,10-7-/t19-/m0/s1. The summed E-state index contributed by atoms with van der Waals surface area (Å²) in [6, 6.07) is 8.15. The van der Waals surface area contributed by atoms with E-state index in [0.717, 1.165) is 17.6 Å².